The molecule has 4 saturated heterocycles. The van der Waals surface area contributed by atoms with Gasteiger partial charge >= 0.3 is 5.97 Å². The first-order chi connectivity index (χ1) is 22.7. The van der Waals surface area contributed by atoms with Crippen molar-refractivity contribution in [3.05, 3.63) is 0 Å². The second kappa shape index (κ2) is 15.6. The van der Waals surface area contributed by atoms with Crippen LogP contribution in [0.2, 0.25) is 0 Å². The first-order valence-corrected chi connectivity index (χ1v) is 18.5. The van der Waals surface area contributed by atoms with E-state index in [4.69, 9.17) is 33.2 Å². The van der Waals surface area contributed by atoms with E-state index in [0.29, 0.717) is 32.1 Å². The molecule has 4 aliphatic heterocycles. The monoisotopic (exact) mass is 701 g/mol. The van der Waals surface area contributed by atoms with E-state index in [0.717, 1.165) is 0 Å². The summed E-state index contributed by atoms with van der Waals surface area (Å²) in [6.45, 7) is 19.0. The van der Waals surface area contributed by atoms with Crippen molar-refractivity contribution in [2.24, 2.45) is 23.7 Å². The molecule has 0 radical (unpaired) electrons. The molecule has 0 saturated carbocycles. The van der Waals surface area contributed by atoms with E-state index < -0.39 is 89.7 Å². The summed E-state index contributed by atoms with van der Waals surface area (Å²) in [5.74, 6) is -2.47. The third-order valence-electron chi connectivity index (χ3n) is 12.1. The summed E-state index contributed by atoms with van der Waals surface area (Å²) < 4.78 is 45.3. The summed E-state index contributed by atoms with van der Waals surface area (Å²) in [4.78, 5) is 16.1. The number of carbonyl (C=O) groups is 1. The lowest BCUT2D eigenvalue weighted by Gasteiger charge is -2.48. The number of cyclic esters (lactones) is 1. The molecule has 3 N–H and O–H groups in total. The maximum atomic E-state index is 14.1. The van der Waals surface area contributed by atoms with E-state index >= 15 is 0 Å². The highest BCUT2D eigenvalue weighted by Crippen LogP contribution is 2.48. The van der Waals surface area contributed by atoms with Crippen molar-refractivity contribution in [3.63, 3.8) is 0 Å². The van der Waals surface area contributed by atoms with Gasteiger partial charge in [-0.25, -0.2) is 0 Å². The van der Waals surface area contributed by atoms with Crippen molar-refractivity contribution in [3.8, 4) is 0 Å². The second-order valence-corrected chi connectivity index (χ2v) is 16.8. The van der Waals surface area contributed by atoms with Gasteiger partial charge in [0.25, 0.3) is 0 Å². The van der Waals surface area contributed by atoms with Crippen LogP contribution < -0.4 is 0 Å². The molecule has 4 fully saturated rings. The van der Waals surface area contributed by atoms with Crippen LogP contribution in [0.25, 0.3) is 0 Å². The summed E-state index contributed by atoms with van der Waals surface area (Å²) >= 11 is 0. The summed E-state index contributed by atoms with van der Waals surface area (Å²) in [6.07, 6.45) is -4.58. The fraction of sp³-hybridized carbons (Fsp3) is 0.973. The molecule has 12 nitrogen and oxygen atoms in total. The van der Waals surface area contributed by atoms with Gasteiger partial charge < -0.3 is 53.4 Å². The Hall–Kier alpha value is -0.930. The second-order valence-electron chi connectivity index (χ2n) is 16.8. The van der Waals surface area contributed by atoms with Gasteiger partial charge in [0.2, 0.25) is 0 Å². The molecule has 0 aromatic rings. The highest BCUT2D eigenvalue weighted by molar-refractivity contribution is 5.73. The minimum Gasteiger partial charge on any atom is -0.459 e. The van der Waals surface area contributed by atoms with Crippen molar-refractivity contribution in [1.29, 1.82) is 0 Å². The SMILES string of the molecule is CC[C@H]1OC(=O)[C@H](C)[C@@H](OC2C[C@@](C)(OC)C[C@H](C)O2)[C@H](C)[C@@H](OC2O[C@H](C)C[C@H](N(C)C)[C@H]2O)[C@@]2(C)C[C@H](C)[C@H](O2)[C@H](C)[C@@H](O)[C@]1(C)O. The minimum atomic E-state index is -1.75. The quantitative estimate of drug-likeness (QED) is 0.333. The van der Waals surface area contributed by atoms with Gasteiger partial charge in [-0.05, 0) is 80.8 Å². The largest absolute Gasteiger partial charge is 0.459 e. The molecule has 4 heterocycles. The van der Waals surface area contributed by atoms with Gasteiger partial charge in [-0.2, -0.15) is 0 Å². The Labute approximate surface area is 294 Å². The fourth-order valence-electron chi connectivity index (χ4n) is 9.25. The van der Waals surface area contributed by atoms with Gasteiger partial charge in [0.15, 0.2) is 12.6 Å². The summed E-state index contributed by atoms with van der Waals surface area (Å²) in [6, 6.07) is -0.198. The third-order valence-corrected chi connectivity index (χ3v) is 12.1. The highest BCUT2D eigenvalue weighted by atomic mass is 16.7. The van der Waals surface area contributed by atoms with Crippen LogP contribution in [0.3, 0.4) is 0 Å². The topological polar surface area (TPSA) is 146 Å². The fourth-order valence-corrected chi connectivity index (χ4v) is 9.25. The van der Waals surface area contributed by atoms with Crippen LogP contribution >= 0.6 is 0 Å². The Morgan fingerprint density at radius 2 is 1.57 bits per heavy atom. The minimum absolute atomic E-state index is 0.0262. The Bertz CT molecular complexity index is 1110. The molecule has 4 aliphatic rings. The van der Waals surface area contributed by atoms with Gasteiger partial charge in [0.05, 0.1) is 53.7 Å². The zero-order valence-electron chi connectivity index (χ0n) is 32.3. The Kier molecular flexibility index (Phi) is 13.0. The van der Waals surface area contributed by atoms with Gasteiger partial charge in [0.1, 0.15) is 17.8 Å². The smallest absolute Gasteiger partial charge is 0.311 e. The lowest BCUT2D eigenvalue weighted by Crippen LogP contribution is -2.59. The number of hydrogen-bond acceptors (Lipinski definition) is 12. The number of methoxy groups -OCH3 is 1. The number of rotatable bonds is 7. The molecule has 12 heteroatoms. The number of hydrogen-bond donors (Lipinski definition) is 3. The molecular weight excluding hydrogens is 634 g/mol. The highest BCUT2D eigenvalue weighted by Gasteiger charge is 2.57. The molecule has 2 unspecified atom stereocenters. The number of ether oxygens (including phenoxy) is 7. The maximum absolute atomic E-state index is 14.1. The third kappa shape index (κ3) is 8.50. The van der Waals surface area contributed by atoms with Crippen LogP contribution in [0, 0.1) is 23.7 Å². The number of nitrogens with zero attached hydrogens (tertiary/aromatic N) is 1. The van der Waals surface area contributed by atoms with Gasteiger partial charge in [0, 0.05) is 37.8 Å². The standard InChI is InChI=1S/C37H67NO11/c1-14-26-37(10,42)31(40)22(5)29-19(2)16-36(9,49-29)32(48-34-28(39)25(38(11)12)15-20(3)45-34)23(6)30(24(7)33(41)46-26)47-27-18-35(8,43-13)17-21(4)44-27/h19-32,34,39-40,42H,14-18H2,1-13H3/t19-,20+,21-,22-,23-,24+,25-,26+,27?,28+,29-,30-,31+,32+,34?,35-,36+,37+/m0/s1. The van der Waals surface area contributed by atoms with Crippen molar-refractivity contribution in [1.82, 2.24) is 4.90 Å². The lowest BCUT2D eigenvalue weighted by atomic mass is 9.76. The van der Waals surface area contributed by atoms with Crippen molar-refractivity contribution >= 4 is 5.97 Å². The predicted molar refractivity (Wildman–Crippen MR) is 183 cm³/mol. The van der Waals surface area contributed by atoms with E-state index in [2.05, 4.69) is 6.92 Å². The van der Waals surface area contributed by atoms with Gasteiger partial charge in [-0.1, -0.05) is 27.7 Å². The van der Waals surface area contributed by atoms with Crippen molar-refractivity contribution in [2.75, 3.05) is 21.2 Å². The summed E-state index contributed by atoms with van der Waals surface area (Å²) in [5.41, 5.74) is -3.20. The molecule has 2 bridgehead atoms. The molecule has 0 aromatic carbocycles. The summed E-state index contributed by atoms with van der Waals surface area (Å²) in [5, 5.41) is 35.0. The lowest BCUT2D eigenvalue weighted by molar-refractivity contribution is -0.311. The summed E-state index contributed by atoms with van der Waals surface area (Å²) in [7, 11) is 5.54. The van der Waals surface area contributed by atoms with Gasteiger partial charge in [-0.15, -0.1) is 0 Å². The number of aliphatic hydroxyl groups is 3. The molecular formula is C37H67NO11. The molecule has 0 spiro atoms. The molecule has 49 heavy (non-hydrogen) atoms. The predicted octanol–water partition coefficient (Wildman–Crippen LogP) is 3.65. The molecule has 286 valence electrons. The molecule has 0 aromatic heterocycles. The van der Waals surface area contributed by atoms with Crippen LogP contribution in [-0.2, 0) is 38.0 Å². The number of aliphatic hydroxyl groups excluding tert-OH is 2. The van der Waals surface area contributed by atoms with Crippen LogP contribution in [0.1, 0.15) is 101 Å². The van der Waals surface area contributed by atoms with Crippen molar-refractivity contribution < 1.29 is 53.3 Å². The first-order valence-electron chi connectivity index (χ1n) is 18.5. The average Bonchev–Trinajstić information content (AvgIpc) is 3.34. The van der Waals surface area contributed by atoms with Crippen molar-refractivity contribution in [2.45, 2.75) is 186 Å². The van der Waals surface area contributed by atoms with Crippen LogP contribution in [0.4, 0.5) is 0 Å². The average molecular weight is 702 g/mol. The first kappa shape index (κ1) is 40.8. The molecule has 0 amide bonds. The number of esters is 1. The van der Waals surface area contributed by atoms with E-state index in [-0.39, 0.29) is 24.2 Å². The number of fused-ring (bicyclic) bond motifs is 2. The Morgan fingerprint density at radius 3 is 2.16 bits per heavy atom. The van der Waals surface area contributed by atoms with Crippen LogP contribution in [0.15, 0.2) is 0 Å². The maximum Gasteiger partial charge on any atom is 0.311 e. The zero-order valence-corrected chi connectivity index (χ0v) is 32.3. The van der Waals surface area contributed by atoms with Crippen LogP contribution in [-0.4, -0.2) is 132 Å². The van der Waals surface area contributed by atoms with E-state index in [1.807, 2.05) is 67.5 Å². The normalized spacial score (nSPS) is 51.9. The molecule has 0 aliphatic carbocycles. The van der Waals surface area contributed by atoms with E-state index in [1.165, 1.54) is 6.92 Å². The van der Waals surface area contributed by atoms with Gasteiger partial charge in [-0.3, -0.25) is 4.79 Å². The molecule has 4 rings (SSSR count). The van der Waals surface area contributed by atoms with E-state index in [9.17, 15) is 20.1 Å². The molecule has 18 atom stereocenters. The van der Waals surface area contributed by atoms with E-state index in [1.54, 1.807) is 14.0 Å². The zero-order chi connectivity index (χ0) is 36.8. The Morgan fingerprint density at radius 1 is 0.918 bits per heavy atom. The number of likely N-dealkylation sites (N-methyl/N-ethyl adjacent to an activating group) is 1. The number of carbonyl (C=O) groups excluding carboxylic acids is 1. The van der Waals surface area contributed by atoms with Crippen LogP contribution in [0.5, 0.6) is 0 Å². The Balaban J connectivity index is 1.83.